The summed E-state index contributed by atoms with van der Waals surface area (Å²) in [5.41, 5.74) is 2.11. The molecule has 3 rings (SSSR count). The van der Waals surface area contributed by atoms with Gasteiger partial charge in [-0.1, -0.05) is 11.6 Å². The number of sulfone groups is 1. The molecule has 0 bridgehead atoms. The van der Waals surface area contributed by atoms with Crippen molar-refractivity contribution < 1.29 is 13.2 Å². The molecule has 2 unspecified atom stereocenters. The molecular weight excluding hydrogens is 298 g/mol. The zero-order valence-corrected chi connectivity index (χ0v) is 12.9. The summed E-state index contributed by atoms with van der Waals surface area (Å²) in [7, 11) is -1.04. The first-order valence-electron chi connectivity index (χ1n) is 6.83. The molecule has 2 aliphatic rings. The first-order valence-corrected chi connectivity index (χ1v) is 9.03. The minimum absolute atomic E-state index is 0.0298. The standard InChI is InChI=1S/C14H18ClNO3S/c1-16-13(10-3-5-20(17,18)8-10)12-7-11(15)6-9-2-4-19-14(9)12/h6-7,10,13,16H,2-5,8H2,1H3. The SMILES string of the molecule is CNC(c1cc(Cl)cc2c1OCC2)C1CCS(=O)(=O)C1. The fourth-order valence-corrected chi connectivity index (χ4v) is 5.35. The maximum absolute atomic E-state index is 11.7. The monoisotopic (exact) mass is 315 g/mol. The second kappa shape index (κ2) is 5.20. The summed E-state index contributed by atoms with van der Waals surface area (Å²) in [5.74, 6) is 1.48. The minimum Gasteiger partial charge on any atom is -0.493 e. The largest absolute Gasteiger partial charge is 0.493 e. The van der Waals surface area contributed by atoms with Crippen LogP contribution in [-0.4, -0.2) is 33.6 Å². The number of ether oxygens (including phenoxy) is 1. The number of hydrogen-bond acceptors (Lipinski definition) is 4. The molecule has 6 heteroatoms. The number of halogens is 1. The van der Waals surface area contributed by atoms with Crippen LogP contribution in [0.25, 0.3) is 0 Å². The fourth-order valence-electron chi connectivity index (χ4n) is 3.26. The highest BCUT2D eigenvalue weighted by molar-refractivity contribution is 7.91. The molecule has 0 aliphatic carbocycles. The van der Waals surface area contributed by atoms with E-state index in [9.17, 15) is 8.42 Å². The average Bonchev–Trinajstić information content (AvgIpc) is 2.96. The van der Waals surface area contributed by atoms with Gasteiger partial charge >= 0.3 is 0 Å². The van der Waals surface area contributed by atoms with Crippen LogP contribution in [0.2, 0.25) is 5.02 Å². The van der Waals surface area contributed by atoms with Gasteiger partial charge in [-0.3, -0.25) is 0 Å². The van der Waals surface area contributed by atoms with Crippen LogP contribution in [0.1, 0.15) is 23.6 Å². The lowest BCUT2D eigenvalue weighted by Gasteiger charge is -2.24. The molecule has 2 heterocycles. The molecule has 0 aromatic heterocycles. The van der Waals surface area contributed by atoms with E-state index in [1.807, 2.05) is 19.2 Å². The van der Waals surface area contributed by atoms with Gasteiger partial charge in [-0.05, 0) is 37.1 Å². The Morgan fingerprint density at radius 1 is 1.45 bits per heavy atom. The second-order valence-electron chi connectivity index (χ2n) is 5.51. The Hall–Kier alpha value is -0.780. The van der Waals surface area contributed by atoms with Crippen LogP contribution in [0, 0.1) is 5.92 Å². The van der Waals surface area contributed by atoms with Crippen molar-refractivity contribution in [2.24, 2.45) is 5.92 Å². The Morgan fingerprint density at radius 3 is 2.90 bits per heavy atom. The van der Waals surface area contributed by atoms with Crippen LogP contribution in [-0.2, 0) is 16.3 Å². The number of rotatable bonds is 3. The highest BCUT2D eigenvalue weighted by Crippen LogP contribution is 2.41. The van der Waals surface area contributed by atoms with Crippen molar-refractivity contribution in [1.82, 2.24) is 5.32 Å². The van der Waals surface area contributed by atoms with Crippen LogP contribution < -0.4 is 10.1 Å². The lowest BCUT2D eigenvalue weighted by molar-refractivity contribution is 0.338. The molecule has 2 aliphatic heterocycles. The van der Waals surface area contributed by atoms with Crippen molar-refractivity contribution in [2.45, 2.75) is 18.9 Å². The Balaban J connectivity index is 1.98. The van der Waals surface area contributed by atoms with E-state index in [-0.39, 0.29) is 23.5 Å². The highest BCUT2D eigenvalue weighted by atomic mass is 35.5. The predicted molar refractivity (Wildman–Crippen MR) is 79.2 cm³/mol. The topological polar surface area (TPSA) is 55.4 Å². The zero-order valence-electron chi connectivity index (χ0n) is 11.4. The molecule has 1 aromatic carbocycles. The van der Waals surface area contributed by atoms with Gasteiger partial charge in [0.2, 0.25) is 0 Å². The molecule has 0 saturated carbocycles. The van der Waals surface area contributed by atoms with Crippen molar-refractivity contribution in [3.63, 3.8) is 0 Å². The summed E-state index contributed by atoms with van der Waals surface area (Å²) in [4.78, 5) is 0. The first-order chi connectivity index (χ1) is 9.50. The predicted octanol–water partition coefficient (Wildman–Crippen LogP) is 1.97. The molecule has 1 fully saturated rings. The van der Waals surface area contributed by atoms with E-state index in [4.69, 9.17) is 16.3 Å². The smallest absolute Gasteiger partial charge is 0.150 e. The lowest BCUT2D eigenvalue weighted by Crippen LogP contribution is -2.26. The van der Waals surface area contributed by atoms with E-state index in [0.717, 1.165) is 23.3 Å². The van der Waals surface area contributed by atoms with Crippen molar-refractivity contribution in [3.8, 4) is 5.75 Å². The summed E-state index contributed by atoms with van der Waals surface area (Å²) in [5, 5.41) is 3.94. The van der Waals surface area contributed by atoms with E-state index >= 15 is 0 Å². The Labute approximate surface area is 124 Å². The average molecular weight is 316 g/mol. The van der Waals surface area contributed by atoms with Gasteiger partial charge in [-0.2, -0.15) is 0 Å². The maximum Gasteiger partial charge on any atom is 0.150 e. The van der Waals surface area contributed by atoms with E-state index in [0.29, 0.717) is 18.1 Å². The van der Waals surface area contributed by atoms with Crippen LogP contribution in [0.5, 0.6) is 5.75 Å². The molecule has 0 spiro atoms. The number of nitrogens with one attached hydrogen (secondary N) is 1. The molecule has 2 atom stereocenters. The van der Waals surface area contributed by atoms with Gasteiger partial charge in [0, 0.05) is 23.0 Å². The molecule has 1 aromatic rings. The summed E-state index contributed by atoms with van der Waals surface area (Å²) in [6, 6.07) is 3.81. The van der Waals surface area contributed by atoms with Gasteiger partial charge in [0.05, 0.1) is 18.1 Å². The normalized spacial score (nSPS) is 25.2. The summed E-state index contributed by atoms with van der Waals surface area (Å²) >= 11 is 6.19. The molecule has 1 N–H and O–H groups in total. The van der Waals surface area contributed by atoms with Gasteiger partial charge < -0.3 is 10.1 Å². The van der Waals surface area contributed by atoms with Crippen molar-refractivity contribution in [1.29, 1.82) is 0 Å². The highest BCUT2D eigenvalue weighted by Gasteiger charge is 2.36. The molecule has 4 nitrogen and oxygen atoms in total. The lowest BCUT2D eigenvalue weighted by atomic mass is 9.91. The van der Waals surface area contributed by atoms with Gasteiger partial charge in [0.25, 0.3) is 0 Å². The summed E-state index contributed by atoms with van der Waals surface area (Å²) in [6.45, 7) is 0.669. The fraction of sp³-hybridized carbons (Fsp3) is 0.571. The Bertz CT molecular complexity index is 630. The molecule has 1 saturated heterocycles. The van der Waals surface area contributed by atoms with E-state index in [2.05, 4.69) is 5.32 Å². The maximum atomic E-state index is 11.7. The Kier molecular flexibility index (Phi) is 3.69. The number of hydrogen-bond donors (Lipinski definition) is 1. The third-order valence-electron chi connectivity index (χ3n) is 4.16. The van der Waals surface area contributed by atoms with Crippen LogP contribution in [0.4, 0.5) is 0 Å². The van der Waals surface area contributed by atoms with Crippen molar-refractivity contribution >= 4 is 21.4 Å². The van der Waals surface area contributed by atoms with Crippen molar-refractivity contribution in [3.05, 3.63) is 28.3 Å². The zero-order chi connectivity index (χ0) is 14.3. The van der Waals surface area contributed by atoms with Crippen LogP contribution in [0.3, 0.4) is 0 Å². The quantitative estimate of drug-likeness (QED) is 0.926. The molecule has 0 amide bonds. The molecular formula is C14H18ClNO3S. The van der Waals surface area contributed by atoms with E-state index in [1.54, 1.807) is 0 Å². The minimum atomic E-state index is -2.90. The molecule has 0 radical (unpaired) electrons. The van der Waals surface area contributed by atoms with Crippen LogP contribution >= 0.6 is 11.6 Å². The van der Waals surface area contributed by atoms with Crippen LogP contribution in [0.15, 0.2) is 12.1 Å². The molecule has 110 valence electrons. The van der Waals surface area contributed by atoms with Gasteiger partial charge in [-0.15, -0.1) is 0 Å². The molecule has 20 heavy (non-hydrogen) atoms. The third-order valence-corrected chi connectivity index (χ3v) is 6.17. The number of benzene rings is 1. The summed E-state index contributed by atoms with van der Waals surface area (Å²) < 4.78 is 29.1. The Morgan fingerprint density at radius 2 is 2.25 bits per heavy atom. The number of fused-ring (bicyclic) bond motifs is 1. The second-order valence-corrected chi connectivity index (χ2v) is 8.18. The van der Waals surface area contributed by atoms with E-state index in [1.165, 1.54) is 0 Å². The van der Waals surface area contributed by atoms with Gasteiger partial charge in [-0.25, -0.2) is 8.42 Å². The van der Waals surface area contributed by atoms with Crippen molar-refractivity contribution in [2.75, 3.05) is 25.2 Å². The summed E-state index contributed by atoms with van der Waals surface area (Å²) in [6.07, 6.45) is 1.55. The third kappa shape index (κ3) is 2.54. The van der Waals surface area contributed by atoms with Gasteiger partial charge in [0.15, 0.2) is 9.84 Å². The van der Waals surface area contributed by atoms with Gasteiger partial charge in [0.1, 0.15) is 5.75 Å². The first kappa shape index (κ1) is 14.2. The van der Waals surface area contributed by atoms with E-state index < -0.39 is 9.84 Å².